The molecule has 198 valence electrons. The Bertz CT molecular complexity index is 1630. The van der Waals surface area contributed by atoms with Crippen LogP contribution in [0.15, 0.2) is 85.2 Å². The third-order valence-electron chi connectivity index (χ3n) is 6.29. The Labute approximate surface area is 223 Å². The van der Waals surface area contributed by atoms with E-state index in [9.17, 15) is 18.0 Å². The highest BCUT2D eigenvalue weighted by Gasteiger charge is 2.33. The fraction of sp³-hybridized carbons (Fsp3) is 0.167. The maximum Gasteiger partial charge on any atom is 0.417 e. The molecule has 3 heterocycles. The number of aromatic nitrogens is 3. The lowest BCUT2D eigenvalue weighted by Crippen LogP contribution is -2.23. The number of imidazole rings is 1. The standard InChI is InChI=1S/C30H25F3N4O2/c1-3-34-29(38)25-15-14-22(17-35-25)27-19(2)36-28-26(9-6-16-37(27)28)39-18-20-10-12-21(13-11-20)23-7-4-5-8-24(23)30(31,32)33/h4-17H,3,18H2,1-2H3,(H,34,38). The number of alkyl halides is 3. The van der Waals surface area contributed by atoms with Gasteiger partial charge in [0.2, 0.25) is 0 Å². The van der Waals surface area contributed by atoms with Crippen LogP contribution in [0.25, 0.3) is 28.0 Å². The summed E-state index contributed by atoms with van der Waals surface area (Å²) < 4.78 is 48.2. The molecule has 0 aliphatic rings. The number of rotatable bonds is 7. The third kappa shape index (κ3) is 5.34. The number of nitrogens with zero attached hydrogens (tertiary/aromatic N) is 3. The Morgan fingerprint density at radius 2 is 1.72 bits per heavy atom. The van der Waals surface area contributed by atoms with Crippen LogP contribution in [-0.4, -0.2) is 26.8 Å². The predicted molar refractivity (Wildman–Crippen MR) is 142 cm³/mol. The average molecular weight is 531 g/mol. The molecule has 0 spiro atoms. The van der Waals surface area contributed by atoms with Crippen LogP contribution in [-0.2, 0) is 12.8 Å². The largest absolute Gasteiger partial charge is 0.485 e. The summed E-state index contributed by atoms with van der Waals surface area (Å²) in [6, 6.07) is 19.5. The quantitative estimate of drug-likeness (QED) is 0.254. The fourth-order valence-corrected chi connectivity index (χ4v) is 4.46. The minimum atomic E-state index is -4.43. The Morgan fingerprint density at radius 1 is 0.974 bits per heavy atom. The maximum absolute atomic E-state index is 13.4. The van der Waals surface area contributed by atoms with Gasteiger partial charge in [0.15, 0.2) is 11.4 Å². The summed E-state index contributed by atoms with van der Waals surface area (Å²) in [5.74, 6) is 0.331. The number of aryl methyl sites for hydroxylation is 1. The fourth-order valence-electron chi connectivity index (χ4n) is 4.46. The van der Waals surface area contributed by atoms with E-state index in [0.29, 0.717) is 29.2 Å². The van der Waals surface area contributed by atoms with Crippen molar-refractivity contribution in [3.63, 3.8) is 0 Å². The van der Waals surface area contributed by atoms with Crippen molar-refractivity contribution in [1.29, 1.82) is 0 Å². The SMILES string of the molecule is CCNC(=O)c1ccc(-c2c(C)nc3c(OCc4ccc(-c5ccccc5C(F)(F)F)cc4)cccn23)cn1. The maximum atomic E-state index is 13.4. The van der Waals surface area contributed by atoms with Crippen LogP contribution >= 0.6 is 0 Å². The van der Waals surface area contributed by atoms with Gasteiger partial charge in [-0.15, -0.1) is 0 Å². The molecule has 0 aliphatic heterocycles. The van der Waals surface area contributed by atoms with Crippen LogP contribution in [0.1, 0.15) is 34.2 Å². The van der Waals surface area contributed by atoms with Gasteiger partial charge in [-0.05, 0) is 60.9 Å². The van der Waals surface area contributed by atoms with Crippen molar-refractivity contribution in [3.8, 4) is 28.1 Å². The van der Waals surface area contributed by atoms with Crippen molar-refractivity contribution in [1.82, 2.24) is 19.7 Å². The van der Waals surface area contributed by atoms with Crippen LogP contribution in [0.5, 0.6) is 5.75 Å². The number of ether oxygens (including phenoxy) is 1. The molecular formula is C30H25F3N4O2. The second-order valence-electron chi connectivity index (χ2n) is 8.93. The average Bonchev–Trinajstić information content (AvgIpc) is 3.28. The molecular weight excluding hydrogens is 505 g/mol. The summed E-state index contributed by atoms with van der Waals surface area (Å²) in [6.07, 6.45) is -0.908. The second kappa shape index (κ2) is 10.6. The van der Waals surface area contributed by atoms with Gasteiger partial charge in [0, 0.05) is 24.5 Å². The van der Waals surface area contributed by atoms with Gasteiger partial charge >= 0.3 is 6.18 Å². The molecule has 1 N–H and O–H groups in total. The van der Waals surface area contributed by atoms with Crippen molar-refractivity contribution in [2.75, 3.05) is 6.54 Å². The van der Waals surface area contributed by atoms with E-state index in [2.05, 4.69) is 10.3 Å². The molecule has 1 amide bonds. The van der Waals surface area contributed by atoms with Crippen LogP contribution in [0, 0.1) is 6.92 Å². The molecule has 0 radical (unpaired) electrons. The van der Waals surface area contributed by atoms with Crippen LogP contribution in [0.2, 0.25) is 0 Å². The number of halogens is 3. The van der Waals surface area contributed by atoms with Crippen LogP contribution in [0.4, 0.5) is 13.2 Å². The Kier molecular flexibility index (Phi) is 7.06. The Balaban J connectivity index is 1.36. The van der Waals surface area contributed by atoms with E-state index in [1.54, 1.807) is 42.6 Å². The van der Waals surface area contributed by atoms with E-state index in [1.807, 2.05) is 42.6 Å². The predicted octanol–water partition coefficient (Wildman–Crippen LogP) is 6.72. The highest BCUT2D eigenvalue weighted by molar-refractivity contribution is 5.92. The van der Waals surface area contributed by atoms with Crippen molar-refractivity contribution in [2.45, 2.75) is 26.6 Å². The van der Waals surface area contributed by atoms with Crippen molar-refractivity contribution >= 4 is 11.6 Å². The first-order valence-electron chi connectivity index (χ1n) is 12.4. The van der Waals surface area contributed by atoms with Gasteiger partial charge in [0.05, 0.1) is 17.0 Å². The smallest absolute Gasteiger partial charge is 0.417 e. The molecule has 0 saturated carbocycles. The number of hydrogen-bond donors (Lipinski definition) is 1. The molecule has 9 heteroatoms. The number of carbonyl (C=O) groups excluding carboxylic acids is 1. The monoisotopic (exact) mass is 530 g/mol. The second-order valence-corrected chi connectivity index (χ2v) is 8.93. The zero-order valence-corrected chi connectivity index (χ0v) is 21.3. The van der Waals surface area contributed by atoms with Crippen LogP contribution < -0.4 is 10.1 Å². The highest BCUT2D eigenvalue weighted by atomic mass is 19.4. The molecule has 5 aromatic rings. The molecule has 2 aromatic carbocycles. The normalized spacial score (nSPS) is 11.5. The number of pyridine rings is 2. The summed E-state index contributed by atoms with van der Waals surface area (Å²) in [5.41, 5.74) is 4.12. The third-order valence-corrected chi connectivity index (χ3v) is 6.29. The topological polar surface area (TPSA) is 68.5 Å². The van der Waals surface area contributed by atoms with Crippen molar-refractivity contribution < 1.29 is 22.7 Å². The number of amides is 1. The summed E-state index contributed by atoms with van der Waals surface area (Å²) >= 11 is 0. The molecule has 39 heavy (non-hydrogen) atoms. The molecule has 0 atom stereocenters. The zero-order chi connectivity index (χ0) is 27.6. The van der Waals surface area contributed by atoms with Gasteiger partial charge in [-0.25, -0.2) is 4.98 Å². The summed E-state index contributed by atoms with van der Waals surface area (Å²) in [4.78, 5) is 21.0. The number of carbonyl (C=O) groups is 1. The van der Waals surface area contributed by atoms with Gasteiger partial charge in [0.25, 0.3) is 5.91 Å². The summed E-state index contributed by atoms with van der Waals surface area (Å²) in [5, 5.41) is 2.73. The molecule has 0 saturated heterocycles. The molecule has 0 bridgehead atoms. The van der Waals surface area contributed by atoms with Gasteiger partial charge in [0.1, 0.15) is 12.3 Å². The molecule has 5 rings (SSSR count). The number of nitrogens with one attached hydrogen (secondary N) is 1. The highest BCUT2D eigenvalue weighted by Crippen LogP contribution is 2.37. The molecule has 3 aromatic heterocycles. The van der Waals surface area contributed by atoms with Gasteiger partial charge in [-0.1, -0.05) is 42.5 Å². The lowest BCUT2D eigenvalue weighted by Gasteiger charge is -2.13. The summed E-state index contributed by atoms with van der Waals surface area (Å²) in [6.45, 7) is 4.47. The number of hydrogen-bond acceptors (Lipinski definition) is 4. The number of benzene rings is 2. The van der Waals surface area contributed by atoms with Gasteiger partial charge < -0.3 is 10.1 Å². The molecule has 0 unspecified atom stereocenters. The van der Waals surface area contributed by atoms with Gasteiger partial charge in [-0.3, -0.25) is 14.2 Å². The zero-order valence-electron chi connectivity index (χ0n) is 21.3. The van der Waals surface area contributed by atoms with Crippen LogP contribution in [0.3, 0.4) is 0 Å². The van der Waals surface area contributed by atoms with E-state index in [-0.39, 0.29) is 18.1 Å². The first-order chi connectivity index (χ1) is 18.8. The Morgan fingerprint density at radius 3 is 2.41 bits per heavy atom. The van der Waals surface area contributed by atoms with Gasteiger partial charge in [-0.2, -0.15) is 13.2 Å². The molecule has 6 nitrogen and oxygen atoms in total. The minimum Gasteiger partial charge on any atom is -0.485 e. The van der Waals surface area contributed by atoms with E-state index in [1.165, 1.54) is 12.1 Å². The molecule has 0 fully saturated rings. The lowest BCUT2D eigenvalue weighted by molar-refractivity contribution is -0.137. The number of fused-ring (bicyclic) bond motifs is 1. The molecule has 0 aliphatic carbocycles. The minimum absolute atomic E-state index is 0.135. The summed E-state index contributed by atoms with van der Waals surface area (Å²) in [7, 11) is 0. The van der Waals surface area contributed by atoms with E-state index < -0.39 is 11.7 Å². The first-order valence-corrected chi connectivity index (χ1v) is 12.4. The van der Waals surface area contributed by atoms with Crippen molar-refractivity contribution in [2.24, 2.45) is 0 Å². The van der Waals surface area contributed by atoms with E-state index in [0.717, 1.165) is 28.6 Å². The first kappa shape index (κ1) is 26.0. The van der Waals surface area contributed by atoms with E-state index >= 15 is 0 Å². The Hall–Kier alpha value is -4.66. The van der Waals surface area contributed by atoms with E-state index in [4.69, 9.17) is 9.72 Å². The lowest BCUT2D eigenvalue weighted by atomic mass is 9.98. The van der Waals surface area contributed by atoms with Crippen molar-refractivity contribution in [3.05, 3.63) is 108 Å².